The van der Waals surface area contributed by atoms with Gasteiger partial charge in [0.15, 0.2) is 0 Å². The Morgan fingerprint density at radius 3 is 2.47 bits per heavy atom. The van der Waals surface area contributed by atoms with Gasteiger partial charge in [0.25, 0.3) is 0 Å². The third kappa shape index (κ3) is 5.69. The van der Waals surface area contributed by atoms with E-state index in [-0.39, 0.29) is 6.04 Å². The molecular formula is C12H24N6O. The van der Waals surface area contributed by atoms with E-state index in [0.29, 0.717) is 17.9 Å². The van der Waals surface area contributed by atoms with E-state index in [1.807, 2.05) is 14.1 Å². The Labute approximate surface area is 114 Å². The number of aromatic nitrogens is 3. The maximum absolute atomic E-state index is 5.09. The van der Waals surface area contributed by atoms with Crippen LogP contribution in [-0.4, -0.2) is 60.2 Å². The minimum absolute atomic E-state index is 0.237. The second kappa shape index (κ2) is 7.73. The summed E-state index contributed by atoms with van der Waals surface area (Å²) >= 11 is 0. The first-order chi connectivity index (χ1) is 9.05. The molecule has 1 heterocycles. The summed E-state index contributed by atoms with van der Waals surface area (Å²) in [6.45, 7) is 5.88. The van der Waals surface area contributed by atoms with Gasteiger partial charge in [0.1, 0.15) is 0 Å². The SMILES string of the molecule is CCCNc1nc(NC(C)CN(C)C)nc(OC)n1. The van der Waals surface area contributed by atoms with Gasteiger partial charge in [0.05, 0.1) is 7.11 Å². The van der Waals surface area contributed by atoms with Crippen molar-refractivity contribution in [3.8, 4) is 6.01 Å². The van der Waals surface area contributed by atoms with Crippen molar-refractivity contribution < 1.29 is 4.74 Å². The predicted molar refractivity (Wildman–Crippen MR) is 76.8 cm³/mol. The Bertz CT molecular complexity index is 384. The molecule has 0 saturated carbocycles. The first-order valence-corrected chi connectivity index (χ1v) is 6.50. The summed E-state index contributed by atoms with van der Waals surface area (Å²) in [7, 11) is 5.60. The lowest BCUT2D eigenvalue weighted by molar-refractivity contribution is 0.377. The summed E-state index contributed by atoms with van der Waals surface area (Å²) in [4.78, 5) is 14.8. The molecule has 0 aromatic carbocycles. The molecule has 1 rings (SSSR count). The zero-order valence-corrected chi connectivity index (χ0v) is 12.4. The van der Waals surface area contributed by atoms with Crippen molar-refractivity contribution in [2.75, 3.05) is 44.9 Å². The van der Waals surface area contributed by atoms with Gasteiger partial charge >= 0.3 is 6.01 Å². The molecule has 0 saturated heterocycles. The van der Waals surface area contributed by atoms with Crippen molar-refractivity contribution in [3.63, 3.8) is 0 Å². The number of likely N-dealkylation sites (N-methyl/N-ethyl adjacent to an activating group) is 1. The van der Waals surface area contributed by atoms with Crippen LogP contribution in [0.3, 0.4) is 0 Å². The molecule has 0 aliphatic heterocycles. The summed E-state index contributed by atoms with van der Waals surface area (Å²) in [6, 6.07) is 0.550. The summed E-state index contributed by atoms with van der Waals surface area (Å²) in [5, 5.41) is 6.37. The normalized spacial score (nSPS) is 12.3. The number of nitrogens with one attached hydrogen (secondary N) is 2. The number of hydrogen-bond acceptors (Lipinski definition) is 7. The first-order valence-electron chi connectivity index (χ1n) is 6.50. The Morgan fingerprint density at radius 1 is 1.21 bits per heavy atom. The van der Waals surface area contributed by atoms with Crippen LogP contribution in [0.25, 0.3) is 0 Å². The van der Waals surface area contributed by atoms with Crippen molar-refractivity contribution in [3.05, 3.63) is 0 Å². The topological polar surface area (TPSA) is 75.2 Å². The lowest BCUT2D eigenvalue weighted by Crippen LogP contribution is -2.30. The minimum atomic E-state index is 0.237. The highest BCUT2D eigenvalue weighted by atomic mass is 16.5. The summed E-state index contributed by atoms with van der Waals surface area (Å²) in [5.41, 5.74) is 0. The molecular weight excluding hydrogens is 244 g/mol. The molecule has 0 spiro atoms. The zero-order chi connectivity index (χ0) is 14.3. The summed E-state index contributed by atoms with van der Waals surface area (Å²) in [5.74, 6) is 1.06. The average molecular weight is 268 g/mol. The Kier molecular flexibility index (Phi) is 6.27. The van der Waals surface area contributed by atoms with Crippen LogP contribution < -0.4 is 15.4 Å². The molecule has 108 valence electrons. The number of rotatable bonds is 8. The van der Waals surface area contributed by atoms with Crippen LogP contribution in [0.4, 0.5) is 11.9 Å². The van der Waals surface area contributed by atoms with Crippen molar-refractivity contribution >= 4 is 11.9 Å². The fraction of sp³-hybridized carbons (Fsp3) is 0.750. The first kappa shape index (κ1) is 15.4. The monoisotopic (exact) mass is 268 g/mol. The van der Waals surface area contributed by atoms with Crippen molar-refractivity contribution in [2.24, 2.45) is 0 Å². The molecule has 7 heteroatoms. The molecule has 1 aromatic heterocycles. The minimum Gasteiger partial charge on any atom is -0.467 e. The molecule has 0 aliphatic rings. The van der Waals surface area contributed by atoms with Crippen LogP contribution >= 0.6 is 0 Å². The third-order valence-electron chi connectivity index (χ3n) is 2.35. The van der Waals surface area contributed by atoms with Gasteiger partial charge in [0.2, 0.25) is 11.9 Å². The van der Waals surface area contributed by atoms with E-state index in [9.17, 15) is 0 Å². The van der Waals surface area contributed by atoms with Gasteiger partial charge in [-0.25, -0.2) is 0 Å². The fourth-order valence-corrected chi connectivity index (χ4v) is 1.64. The highest BCUT2D eigenvalue weighted by Crippen LogP contribution is 2.11. The number of hydrogen-bond donors (Lipinski definition) is 2. The van der Waals surface area contributed by atoms with E-state index in [4.69, 9.17) is 4.74 Å². The molecule has 7 nitrogen and oxygen atoms in total. The molecule has 0 aliphatic carbocycles. The molecule has 2 N–H and O–H groups in total. The second-order valence-electron chi connectivity index (χ2n) is 4.70. The van der Waals surface area contributed by atoms with Gasteiger partial charge in [0, 0.05) is 19.1 Å². The number of anilines is 2. The smallest absolute Gasteiger partial charge is 0.322 e. The molecule has 1 unspecified atom stereocenters. The maximum atomic E-state index is 5.09. The van der Waals surface area contributed by atoms with E-state index in [2.05, 4.69) is 44.3 Å². The fourth-order valence-electron chi connectivity index (χ4n) is 1.64. The highest BCUT2D eigenvalue weighted by Gasteiger charge is 2.09. The van der Waals surface area contributed by atoms with E-state index in [0.717, 1.165) is 19.5 Å². The van der Waals surface area contributed by atoms with Crippen molar-refractivity contribution in [1.29, 1.82) is 0 Å². The van der Waals surface area contributed by atoms with E-state index >= 15 is 0 Å². The van der Waals surface area contributed by atoms with E-state index < -0.39 is 0 Å². The van der Waals surface area contributed by atoms with Crippen LogP contribution in [0, 0.1) is 0 Å². The standard InChI is InChI=1S/C12H24N6O/c1-6-7-13-10-15-11(17-12(16-10)19-5)14-9(2)8-18(3)4/h9H,6-8H2,1-5H3,(H2,13,14,15,16,17). The summed E-state index contributed by atoms with van der Waals surface area (Å²) < 4.78 is 5.09. The predicted octanol–water partition coefficient (Wildman–Crippen LogP) is 1.06. The van der Waals surface area contributed by atoms with Gasteiger partial charge in [-0.3, -0.25) is 0 Å². The van der Waals surface area contributed by atoms with Gasteiger partial charge < -0.3 is 20.3 Å². The van der Waals surface area contributed by atoms with Crippen LogP contribution in [0.2, 0.25) is 0 Å². The van der Waals surface area contributed by atoms with Crippen LogP contribution in [-0.2, 0) is 0 Å². The highest BCUT2D eigenvalue weighted by molar-refractivity contribution is 5.36. The Morgan fingerprint density at radius 2 is 1.89 bits per heavy atom. The molecule has 0 amide bonds. The lowest BCUT2D eigenvalue weighted by Gasteiger charge is -2.18. The van der Waals surface area contributed by atoms with Gasteiger partial charge in [-0.1, -0.05) is 6.92 Å². The van der Waals surface area contributed by atoms with Crippen molar-refractivity contribution in [1.82, 2.24) is 19.9 Å². The van der Waals surface area contributed by atoms with Gasteiger partial charge in [-0.05, 0) is 27.4 Å². The third-order valence-corrected chi connectivity index (χ3v) is 2.35. The largest absolute Gasteiger partial charge is 0.467 e. The van der Waals surface area contributed by atoms with E-state index in [1.165, 1.54) is 0 Å². The molecule has 19 heavy (non-hydrogen) atoms. The number of methoxy groups -OCH3 is 1. The second-order valence-corrected chi connectivity index (χ2v) is 4.70. The van der Waals surface area contributed by atoms with Crippen LogP contribution in [0.1, 0.15) is 20.3 Å². The summed E-state index contributed by atoms with van der Waals surface area (Å²) in [6.07, 6.45) is 1.01. The van der Waals surface area contributed by atoms with Crippen molar-refractivity contribution in [2.45, 2.75) is 26.3 Å². The Balaban J connectivity index is 2.75. The van der Waals surface area contributed by atoms with Crippen LogP contribution in [0.15, 0.2) is 0 Å². The van der Waals surface area contributed by atoms with Gasteiger partial charge in [-0.15, -0.1) is 0 Å². The van der Waals surface area contributed by atoms with E-state index in [1.54, 1.807) is 7.11 Å². The number of ether oxygens (including phenoxy) is 1. The molecule has 0 bridgehead atoms. The van der Waals surface area contributed by atoms with Crippen LogP contribution in [0.5, 0.6) is 6.01 Å². The van der Waals surface area contributed by atoms with Gasteiger partial charge in [-0.2, -0.15) is 15.0 Å². The molecule has 0 fully saturated rings. The molecule has 1 atom stereocenters. The molecule has 0 radical (unpaired) electrons. The Hall–Kier alpha value is -1.63. The quantitative estimate of drug-likeness (QED) is 0.730. The average Bonchev–Trinajstić information content (AvgIpc) is 2.34. The number of nitrogens with zero attached hydrogens (tertiary/aromatic N) is 4. The lowest BCUT2D eigenvalue weighted by atomic mass is 10.3. The maximum Gasteiger partial charge on any atom is 0.322 e. The molecule has 1 aromatic rings. The zero-order valence-electron chi connectivity index (χ0n) is 12.4.